The summed E-state index contributed by atoms with van der Waals surface area (Å²) in [5.41, 5.74) is 15.9. The first kappa shape index (κ1) is 47.2. The monoisotopic (exact) mass is 982 g/mol. The van der Waals surface area contributed by atoms with Gasteiger partial charge in [-0.15, -0.1) is 0 Å². The molecule has 9 aromatic carbocycles. The molecule has 368 valence electrons. The molecule has 2 aromatic heterocycles. The van der Waals surface area contributed by atoms with E-state index >= 15 is 0 Å². The molecule has 1 aliphatic rings. The van der Waals surface area contributed by atoms with Crippen LogP contribution in [0.2, 0.25) is 0 Å². The second-order valence-corrected chi connectivity index (χ2v) is 21.6. The minimum Gasteiger partial charge on any atom is -0.457 e. The quantitative estimate of drug-likeness (QED) is 0.144. The van der Waals surface area contributed by atoms with Gasteiger partial charge in [0.15, 0.2) is 0 Å². The molecule has 0 radical (unpaired) electrons. The van der Waals surface area contributed by atoms with E-state index in [0.717, 1.165) is 100 Å². The number of nitrogens with zero attached hydrogens (tertiary/aromatic N) is 4. The Morgan fingerprint density at radius 2 is 0.973 bits per heavy atom. The third-order valence-electron chi connectivity index (χ3n) is 14.6. The Kier molecular flexibility index (Phi) is 11.7. The maximum absolute atomic E-state index is 14.7. The molecule has 0 saturated carbocycles. The number of hydrogen-bond donors (Lipinski definition) is 0. The highest BCUT2D eigenvalue weighted by Gasteiger charge is 2.33. The lowest BCUT2D eigenvalue weighted by molar-refractivity contribution is 0.483. The van der Waals surface area contributed by atoms with Gasteiger partial charge in [-0.1, -0.05) is 151 Å². The van der Waals surface area contributed by atoms with Crippen molar-refractivity contribution >= 4 is 44.6 Å². The van der Waals surface area contributed by atoms with Gasteiger partial charge in [0.2, 0.25) is 0 Å². The average Bonchev–Trinajstić information content (AvgIpc) is 3.99. The third-order valence-corrected chi connectivity index (χ3v) is 14.6. The van der Waals surface area contributed by atoms with E-state index < -0.39 is 0 Å². The van der Waals surface area contributed by atoms with Gasteiger partial charge in [-0.2, -0.15) is 0 Å². The van der Waals surface area contributed by atoms with Gasteiger partial charge < -0.3 is 14.5 Å². The Hall–Kier alpha value is -8.81. The summed E-state index contributed by atoms with van der Waals surface area (Å²) < 4.78 is 38.7. The number of para-hydroxylation sites is 3. The molecule has 0 atom stereocenters. The maximum Gasteiger partial charge on any atom is 0.137 e. The van der Waals surface area contributed by atoms with Crippen LogP contribution < -0.4 is 14.5 Å². The van der Waals surface area contributed by atoms with Crippen molar-refractivity contribution in [1.82, 2.24) is 9.55 Å². The fourth-order valence-corrected chi connectivity index (χ4v) is 10.5. The number of fused-ring (bicyclic) bond motifs is 4. The Balaban J connectivity index is 1.02. The van der Waals surface area contributed by atoms with E-state index in [1.54, 1.807) is 0 Å². The number of hydrogen-bond acceptors (Lipinski definition) is 4. The van der Waals surface area contributed by atoms with Crippen LogP contribution in [0, 0.1) is 11.6 Å². The lowest BCUT2D eigenvalue weighted by atomic mass is 9.82. The summed E-state index contributed by atoms with van der Waals surface area (Å²) in [5, 5.41) is 2.25. The summed E-state index contributed by atoms with van der Waals surface area (Å²) in [7, 11) is 0. The fourth-order valence-electron chi connectivity index (χ4n) is 10.5. The van der Waals surface area contributed by atoms with E-state index in [1.165, 1.54) is 29.8 Å². The number of pyridine rings is 1. The second-order valence-electron chi connectivity index (χ2n) is 21.6. The van der Waals surface area contributed by atoms with Crippen LogP contribution in [0.1, 0.15) is 52.7 Å². The van der Waals surface area contributed by atoms with E-state index in [-0.39, 0.29) is 22.5 Å². The number of anilines is 4. The largest absolute Gasteiger partial charge is 0.457 e. The Morgan fingerprint density at radius 3 is 1.61 bits per heavy atom. The Morgan fingerprint density at radius 1 is 0.427 bits per heavy atom. The highest BCUT2D eigenvalue weighted by atomic mass is 19.1. The highest BCUT2D eigenvalue weighted by molar-refractivity contribution is 6.09. The molecule has 75 heavy (non-hydrogen) atoms. The van der Waals surface area contributed by atoms with Crippen molar-refractivity contribution in [3.05, 3.63) is 241 Å². The van der Waals surface area contributed by atoms with E-state index in [9.17, 15) is 8.78 Å². The molecule has 0 saturated heterocycles. The molecular weight excluding hydrogens is 927 g/mol. The van der Waals surface area contributed by atoms with Gasteiger partial charge >= 0.3 is 0 Å². The molecular formula is C68H56F2N4O. The van der Waals surface area contributed by atoms with Crippen molar-refractivity contribution in [1.29, 1.82) is 0 Å². The van der Waals surface area contributed by atoms with Gasteiger partial charge in [0.25, 0.3) is 0 Å². The van der Waals surface area contributed by atoms with Crippen molar-refractivity contribution in [3.8, 4) is 61.8 Å². The van der Waals surface area contributed by atoms with Crippen LogP contribution in [-0.2, 0) is 10.8 Å². The van der Waals surface area contributed by atoms with Gasteiger partial charge in [-0.25, -0.2) is 13.8 Å². The summed E-state index contributed by atoms with van der Waals surface area (Å²) >= 11 is 0. The SMILES string of the molecule is CC(C)(C)c1ccnc(-n2c3ccccc3c3ccc(Oc4cc(-c5ccc(-c6ccccc6)cc5)cc(N5CN(c6c(-c7ccc(F)cc7)cc(C(C)(C)C)cc6-c6ccc(F)cc6)c6ccccc65)c4)cc32)c1. The van der Waals surface area contributed by atoms with Crippen molar-refractivity contribution in [3.63, 3.8) is 0 Å². The average molecular weight is 983 g/mol. The van der Waals surface area contributed by atoms with Crippen molar-refractivity contribution in [2.24, 2.45) is 0 Å². The lowest BCUT2D eigenvalue weighted by Crippen LogP contribution is -2.25. The molecule has 0 amide bonds. The topological polar surface area (TPSA) is 33.5 Å². The molecule has 3 heterocycles. The molecule has 0 aliphatic carbocycles. The van der Waals surface area contributed by atoms with Crippen LogP contribution in [0.3, 0.4) is 0 Å². The van der Waals surface area contributed by atoms with Crippen LogP contribution in [0.15, 0.2) is 219 Å². The molecule has 5 nitrogen and oxygen atoms in total. The van der Waals surface area contributed by atoms with E-state index in [2.05, 4.69) is 214 Å². The van der Waals surface area contributed by atoms with Gasteiger partial charge in [0.05, 0.1) is 28.1 Å². The van der Waals surface area contributed by atoms with Crippen molar-refractivity contribution < 1.29 is 13.5 Å². The van der Waals surface area contributed by atoms with Crippen LogP contribution in [0.5, 0.6) is 11.5 Å². The molecule has 0 bridgehead atoms. The number of halogens is 2. The maximum atomic E-state index is 14.7. The van der Waals surface area contributed by atoms with E-state index in [1.807, 2.05) is 36.5 Å². The molecule has 0 fully saturated rings. The first-order valence-corrected chi connectivity index (χ1v) is 25.6. The van der Waals surface area contributed by atoms with Gasteiger partial charge in [-0.3, -0.25) is 4.57 Å². The molecule has 12 rings (SSSR count). The van der Waals surface area contributed by atoms with Gasteiger partial charge in [0.1, 0.15) is 35.6 Å². The lowest BCUT2D eigenvalue weighted by Gasteiger charge is -2.30. The van der Waals surface area contributed by atoms with Crippen molar-refractivity contribution in [2.75, 3.05) is 16.5 Å². The highest BCUT2D eigenvalue weighted by Crippen LogP contribution is 2.52. The molecule has 1 aliphatic heterocycles. The standard InChI is InChI=1S/C68H56F2N4O/c1-67(2,3)50-34-35-71-65(40-50)74-61-17-11-10-16-57(61)58-33-32-55(42-64(58)74)75-56-37-49(46-22-20-45(21-23-46)44-14-8-7-9-15-44)36-54(41-56)72-43-73(63-19-13-12-18-62(63)72)66-59(47-24-28-52(69)29-25-47)38-51(68(4,5)6)39-60(66)48-26-30-53(70)31-27-48/h7-42H,43H2,1-6H3. The van der Waals surface area contributed by atoms with Crippen LogP contribution in [0.25, 0.3) is 72.1 Å². The van der Waals surface area contributed by atoms with Crippen LogP contribution in [0.4, 0.5) is 31.5 Å². The number of benzene rings is 9. The number of aromatic nitrogens is 2. The predicted molar refractivity (Wildman–Crippen MR) is 306 cm³/mol. The van der Waals surface area contributed by atoms with Gasteiger partial charge in [-0.05, 0) is 146 Å². The Bertz CT molecular complexity index is 3860. The zero-order valence-corrected chi connectivity index (χ0v) is 42.9. The molecule has 7 heteroatoms. The minimum atomic E-state index is -0.304. The molecule has 0 N–H and O–H groups in total. The number of ether oxygens (including phenoxy) is 1. The third kappa shape index (κ3) is 8.99. The summed E-state index contributed by atoms with van der Waals surface area (Å²) in [6.07, 6.45) is 1.90. The minimum absolute atomic E-state index is 0.0607. The zero-order chi connectivity index (χ0) is 51.6. The summed E-state index contributed by atoms with van der Waals surface area (Å²) in [5.74, 6) is 1.61. The van der Waals surface area contributed by atoms with E-state index in [4.69, 9.17) is 9.72 Å². The molecule has 0 unspecified atom stereocenters. The Labute approximate surface area is 437 Å². The summed E-state index contributed by atoms with van der Waals surface area (Å²) in [6.45, 7) is 13.7. The second kappa shape index (κ2) is 18.6. The number of rotatable bonds is 9. The van der Waals surface area contributed by atoms with Crippen molar-refractivity contribution in [2.45, 2.75) is 52.4 Å². The zero-order valence-electron chi connectivity index (χ0n) is 42.9. The smallest absolute Gasteiger partial charge is 0.137 e. The van der Waals surface area contributed by atoms with Crippen LogP contribution >= 0.6 is 0 Å². The predicted octanol–water partition coefficient (Wildman–Crippen LogP) is 18.8. The van der Waals surface area contributed by atoms with Gasteiger partial charge in [0, 0.05) is 45.9 Å². The molecule has 0 spiro atoms. The first-order valence-electron chi connectivity index (χ1n) is 25.6. The van der Waals surface area contributed by atoms with Crippen LogP contribution in [-0.4, -0.2) is 16.2 Å². The fraction of sp³-hybridized carbons (Fsp3) is 0.132. The molecule has 11 aromatic rings. The summed E-state index contributed by atoms with van der Waals surface area (Å²) in [6, 6.07) is 71.1. The van der Waals surface area contributed by atoms with E-state index in [0.29, 0.717) is 18.2 Å². The normalized spacial score (nSPS) is 12.7. The first-order chi connectivity index (χ1) is 36.2. The summed E-state index contributed by atoms with van der Waals surface area (Å²) in [4.78, 5) is 9.61.